The number of nitrogens with one attached hydrogen (secondary N) is 2. The highest BCUT2D eigenvalue weighted by molar-refractivity contribution is 7.80. The third-order valence-electron chi connectivity index (χ3n) is 3.97. The molecule has 0 aliphatic rings. The van der Waals surface area contributed by atoms with Crippen LogP contribution in [-0.4, -0.2) is 32.9 Å². The summed E-state index contributed by atoms with van der Waals surface area (Å²) in [6, 6.07) is 10.6. The van der Waals surface area contributed by atoms with Crippen molar-refractivity contribution in [3.05, 3.63) is 69.3 Å². The predicted molar refractivity (Wildman–Crippen MR) is 104 cm³/mol. The van der Waals surface area contributed by atoms with E-state index in [1.807, 2.05) is 32.0 Å². The van der Waals surface area contributed by atoms with Gasteiger partial charge in [0.1, 0.15) is 6.10 Å². The number of aliphatic hydroxyl groups excluding tert-OH is 2. The summed E-state index contributed by atoms with van der Waals surface area (Å²) < 4.78 is 0. The molecular formula is C18H21N3O4S. The van der Waals surface area contributed by atoms with E-state index in [-0.39, 0.29) is 17.4 Å². The van der Waals surface area contributed by atoms with Crippen LogP contribution in [0.25, 0.3) is 0 Å². The van der Waals surface area contributed by atoms with Gasteiger partial charge in [0.2, 0.25) is 0 Å². The largest absolute Gasteiger partial charge is 0.394 e. The molecule has 0 saturated heterocycles. The average molecular weight is 375 g/mol. The molecule has 0 heterocycles. The van der Waals surface area contributed by atoms with Crippen molar-refractivity contribution in [2.24, 2.45) is 0 Å². The first kappa shape index (κ1) is 19.8. The van der Waals surface area contributed by atoms with Gasteiger partial charge in [0.05, 0.1) is 17.6 Å². The van der Waals surface area contributed by atoms with Crippen LogP contribution in [0.3, 0.4) is 0 Å². The number of aryl methyl sites for hydroxylation is 2. The van der Waals surface area contributed by atoms with Crippen molar-refractivity contribution in [3.8, 4) is 0 Å². The third-order valence-corrected chi connectivity index (χ3v) is 4.19. The second kappa shape index (κ2) is 8.70. The molecule has 2 rings (SSSR count). The number of hydrogen-bond acceptors (Lipinski definition) is 5. The monoisotopic (exact) mass is 375 g/mol. The molecule has 0 spiro atoms. The highest BCUT2D eigenvalue weighted by Crippen LogP contribution is 2.21. The first-order chi connectivity index (χ1) is 12.3. The summed E-state index contributed by atoms with van der Waals surface area (Å²) in [5.41, 5.74) is 3.35. The summed E-state index contributed by atoms with van der Waals surface area (Å²) in [6.07, 6.45) is -1.08. The lowest BCUT2D eigenvalue weighted by Gasteiger charge is -2.24. The van der Waals surface area contributed by atoms with Gasteiger partial charge in [-0.25, -0.2) is 0 Å². The number of rotatable bonds is 6. The van der Waals surface area contributed by atoms with E-state index in [2.05, 4.69) is 10.6 Å². The molecule has 4 N–H and O–H groups in total. The summed E-state index contributed by atoms with van der Waals surface area (Å²) >= 11 is 5.26. The van der Waals surface area contributed by atoms with Gasteiger partial charge in [0, 0.05) is 17.8 Å². The summed E-state index contributed by atoms with van der Waals surface area (Å²) in [6.45, 7) is 3.58. The highest BCUT2D eigenvalue weighted by Gasteiger charge is 2.22. The van der Waals surface area contributed by atoms with E-state index in [9.17, 15) is 20.3 Å². The highest BCUT2D eigenvalue weighted by atomic mass is 32.1. The Labute approximate surface area is 156 Å². The standard InChI is InChI=1S/C18H21N3O4S/c1-11-3-8-15(12(2)9-11)19-18(26)20-16(10-22)17(23)13-4-6-14(7-5-13)21(24)25/h3-9,16-17,22-23H,10H2,1-2H3,(H2,19,20,26). The van der Waals surface area contributed by atoms with E-state index >= 15 is 0 Å². The van der Waals surface area contributed by atoms with Gasteiger partial charge in [-0.2, -0.15) is 0 Å². The van der Waals surface area contributed by atoms with Crippen LogP contribution in [0.1, 0.15) is 22.8 Å². The second-order valence-corrected chi connectivity index (χ2v) is 6.41. The SMILES string of the molecule is Cc1ccc(NC(=S)NC(CO)C(O)c2ccc([N+](=O)[O-])cc2)c(C)c1. The van der Waals surface area contributed by atoms with E-state index in [0.29, 0.717) is 5.56 Å². The predicted octanol–water partition coefficient (Wildman–Crippen LogP) is 2.59. The first-order valence-corrected chi connectivity index (χ1v) is 8.40. The Balaban J connectivity index is 2.05. The van der Waals surface area contributed by atoms with Crippen LogP contribution >= 0.6 is 12.2 Å². The molecule has 2 aromatic carbocycles. The molecule has 2 atom stereocenters. The van der Waals surface area contributed by atoms with Crippen molar-refractivity contribution >= 4 is 28.7 Å². The zero-order chi connectivity index (χ0) is 19.3. The molecular weight excluding hydrogens is 354 g/mol. The van der Waals surface area contributed by atoms with E-state index in [1.54, 1.807) is 0 Å². The minimum Gasteiger partial charge on any atom is -0.394 e. The smallest absolute Gasteiger partial charge is 0.269 e. The summed E-state index contributed by atoms with van der Waals surface area (Å²) in [7, 11) is 0. The molecule has 0 bridgehead atoms. The van der Waals surface area contributed by atoms with Crippen LogP contribution in [0.5, 0.6) is 0 Å². The number of aliphatic hydroxyl groups is 2. The molecule has 0 radical (unpaired) electrons. The normalized spacial score (nSPS) is 12.9. The van der Waals surface area contributed by atoms with E-state index in [4.69, 9.17) is 12.2 Å². The van der Waals surface area contributed by atoms with Gasteiger partial charge in [0.25, 0.3) is 5.69 Å². The first-order valence-electron chi connectivity index (χ1n) is 8.00. The number of anilines is 1. The Hall–Kier alpha value is -2.55. The Morgan fingerprint density at radius 3 is 2.42 bits per heavy atom. The molecule has 0 aliphatic carbocycles. The Bertz CT molecular complexity index is 796. The minimum atomic E-state index is -1.08. The van der Waals surface area contributed by atoms with Crippen molar-refractivity contribution in [2.75, 3.05) is 11.9 Å². The lowest BCUT2D eigenvalue weighted by Crippen LogP contribution is -2.44. The van der Waals surface area contributed by atoms with Crippen LogP contribution in [0, 0.1) is 24.0 Å². The van der Waals surface area contributed by atoms with Crippen molar-refractivity contribution in [3.63, 3.8) is 0 Å². The fourth-order valence-electron chi connectivity index (χ4n) is 2.53. The maximum Gasteiger partial charge on any atom is 0.269 e. The van der Waals surface area contributed by atoms with Gasteiger partial charge in [0.15, 0.2) is 5.11 Å². The molecule has 8 heteroatoms. The van der Waals surface area contributed by atoms with Crippen LogP contribution < -0.4 is 10.6 Å². The Kier molecular flexibility index (Phi) is 6.62. The number of benzene rings is 2. The van der Waals surface area contributed by atoms with Gasteiger partial charge >= 0.3 is 0 Å². The van der Waals surface area contributed by atoms with Gasteiger partial charge in [-0.15, -0.1) is 0 Å². The van der Waals surface area contributed by atoms with E-state index in [1.165, 1.54) is 24.3 Å². The van der Waals surface area contributed by atoms with Crippen molar-refractivity contribution < 1.29 is 15.1 Å². The number of nitro benzene ring substituents is 1. The maximum absolute atomic E-state index is 10.7. The molecule has 0 aromatic heterocycles. The van der Waals surface area contributed by atoms with E-state index < -0.39 is 17.1 Å². The molecule has 2 unspecified atom stereocenters. The molecule has 2 aromatic rings. The number of thiocarbonyl (C=S) groups is 1. The van der Waals surface area contributed by atoms with Crippen LogP contribution in [0.2, 0.25) is 0 Å². The van der Waals surface area contributed by atoms with Gasteiger partial charge in [-0.3, -0.25) is 10.1 Å². The summed E-state index contributed by atoms with van der Waals surface area (Å²) in [4.78, 5) is 10.2. The maximum atomic E-state index is 10.7. The summed E-state index contributed by atoms with van der Waals surface area (Å²) in [5.74, 6) is 0. The molecule has 0 saturated carbocycles. The minimum absolute atomic E-state index is 0.0681. The molecule has 0 amide bonds. The fourth-order valence-corrected chi connectivity index (χ4v) is 2.79. The lowest BCUT2D eigenvalue weighted by molar-refractivity contribution is -0.384. The zero-order valence-electron chi connectivity index (χ0n) is 14.5. The molecule has 0 aliphatic heterocycles. The Morgan fingerprint density at radius 1 is 1.23 bits per heavy atom. The number of nitro groups is 1. The Morgan fingerprint density at radius 2 is 1.88 bits per heavy atom. The van der Waals surface area contributed by atoms with E-state index in [0.717, 1.165) is 16.8 Å². The molecule has 7 nitrogen and oxygen atoms in total. The van der Waals surface area contributed by atoms with Gasteiger partial charge < -0.3 is 20.8 Å². The topological polar surface area (TPSA) is 108 Å². The van der Waals surface area contributed by atoms with Gasteiger partial charge in [-0.05, 0) is 55.4 Å². The average Bonchev–Trinajstić information content (AvgIpc) is 2.61. The van der Waals surface area contributed by atoms with Crippen molar-refractivity contribution in [2.45, 2.75) is 26.0 Å². The summed E-state index contributed by atoms with van der Waals surface area (Å²) in [5, 5.41) is 36.9. The van der Waals surface area contributed by atoms with Crippen molar-refractivity contribution in [1.29, 1.82) is 0 Å². The fraction of sp³-hybridized carbons (Fsp3) is 0.278. The van der Waals surface area contributed by atoms with Gasteiger partial charge in [-0.1, -0.05) is 17.7 Å². The number of hydrogen-bond donors (Lipinski definition) is 4. The molecule has 138 valence electrons. The van der Waals surface area contributed by atoms with Crippen LogP contribution in [0.4, 0.5) is 11.4 Å². The quantitative estimate of drug-likeness (QED) is 0.349. The number of nitrogens with zero attached hydrogens (tertiary/aromatic N) is 1. The van der Waals surface area contributed by atoms with Crippen molar-refractivity contribution in [1.82, 2.24) is 5.32 Å². The molecule has 26 heavy (non-hydrogen) atoms. The van der Waals surface area contributed by atoms with Crippen LogP contribution in [-0.2, 0) is 0 Å². The third kappa shape index (κ3) is 4.98. The molecule has 0 fully saturated rings. The van der Waals surface area contributed by atoms with Crippen LogP contribution in [0.15, 0.2) is 42.5 Å². The number of non-ortho nitro benzene ring substituents is 1. The second-order valence-electron chi connectivity index (χ2n) is 6.00. The lowest BCUT2D eigenvalue weighted by atomic mass is 10.0. The zero-order valence-corrected chi connectivity index (χ0v) is 15.3.